The molecular weight excluding hydrogens is 359 g/mol. The van der Waals surface area contributed by atoms with Gasteiger partial charge in [-0.15, -0.1) is 4.91 Å². The summed E-state index contributed by atoms with van der Waals surface area (Å²) in [4.78, 5) is 12.9. The molecule has 0 amide bonds. The van der Waals surface area contributed by atoms with Crippen LogP contribution in [-0.4, -0.2) is 40.5 Å². The van der Waals surface area contributed by atoms with Crippen LogP contribution in [0.1, 0.15) is 32.8 Å². The molecule has 0 spiro atoms. The second-order valence-corrected chi connectivity index (χ2v) is 9.02. The van der Waals surface area contributed by atoms with Crippen molar-refractivity contribution in [2.75, 3.05) is 30.6 Å². The molecule has 1 aromatic rings. The van der Waals surface area contributed by atoms with Crippen molar-refractivity contribution < 1.29 is 13.7 Å². The van der Waals surface area contributed by atoms with Crippen molar-refractivity contribution in [1.82, 2.24) is 4.90 Å². The largest absolute Gasteiger partial charge is 0.506 e. The van der Waals surface area contributed by atoms with Crippen molar-refractivity contribution in [2.45, 2.75) is 33.6 Å². The summed E-state index contributed by atoms with van der Waals surface area (Å²) in [5.74, 6) is -0.780. The molecule has 26 heavy (non-hydrogen) atoms. The first-order valence-electron chi connectivity index (χ1n) is 8.57. The van der Waals surface area contributed by atoms with Gasteiger partial charge in [-0.3, -0.25) is 0 Å². The minimum Gasteiger partial charge on any atom is -0.506 e. The molecule has 1 aromatic carbocycles. The molecule has 1 aliphatic rings. The molecule has 1 heterocycles. The quantitative estimate of drug-likeness (QED) is 0.703. The highest BCUT2D eigenvalue weighted by Crippen LogP contribution is 2.34. The Hall–Kier alpha value is -1.58. The molecule has 0 radical (unpaired) electrons. The average molecular weight is 386 g/mol. The van der Waals surface area contributed by atoms with Crippen LogP contribution < -0.4 is 9.44 Å². The topological polar surface area (TPSA) is 99.2 Å². The van der Waals surface area contributed by atoms with Crippen LogP contribution >= 0.6 is 0 Å². The van der Waals surface area contributed by atoms with Crippen molar-refractivity contribution in [1.29, 1.82) is 0 Å². The zero-order valence-corrected chi connectivity index (χ0v) is 16.3. The molecule has 0 saturated carbocycles. The van der Waals surface area contributed by atoms with Crippen LogP contribution in [0, 0.1) is 22.1 Å². The van der Waals surface area contributed by atoms with Crippen LogP contribution in [0.5, 0.6) is 5.75 Å². The third-order valence-electron chi connectivity index (χ3n) is 4.35. The lowest BCUT2D eigenvalue weighted by Gasteiger charge is -2.26. The number of nitrogens with two attached hydrogens (primary N) is 1. The zero-order valence-electron chi connectivity index (χ0n) is 15.4. The molecule has 3 N–H and O–H groups in total. The smallest absolute Gasteiger partial charge is 0.195 e. The van der Waals surface area contributed by atoms with Gasteiger partial charge in [-0.2, -0.15) is 0 Å². The molecule has 0 bridgehead atoms. The first-order valence-corrected chi connectivity index (χ1v) is 9.74. The van der Waals surface area contributed by atoms with E-state index in [0.717, 1.165) is 30.4 Å². The predicted molar refractivity (Wildman–Crippen MR) is 101 cm³/mol. The number of nitrogens with zero attached hydrogens (tertiary/aromatic N) is 3. The molecule has 2 atom stereocenters. The van der Waals surface area contributed by atoms with Crippen molar-refractivity contribution in [2.24, 2.45) is 21.6 Å². The Kier molecular flexibility index (Phi) is 6.70. The van der Waals surface area contributed by atoms with Gasteiger partial charge in [-0.25, -0.2) is 18.0 Å². The lowest BCUT2D eigenvalue weighted by Crippen LogP contribution is -2.32. The fraction of sp³-hybridized carbons (Fsp3) is 0.647. The van der Waals surface area contributed by atoms with E-state index >= 15 is 0 Å². The van der Waals surface area contributed by atoms with Crippen LogP contribution in [0.15, 0.2) is 17.3 Å². The van der Waals surface area contributed by atoms with Crippen molar-refractivity contribution in [3.8, 4) is 5.75 Å². The number of benzene rings is 1. The van der Waals surface area contributed by atoms with Crippen LogP contribution in [0.25, 0.3) is 0 Å². The summed E-state index contributed by atoms with van der Waals surface area (Å²) in [5, 5.41) is 18.0. The molecular formula is C17H27FN4O3S. The molecule has 0 aromatic heterocycles. The average Bonchev–Trinajstić information content (AvgIpc) is 2.90. The number of phenols is 1. The molecule has 2 unspecified atom stereocenters. The molecule has 0 aliphatic carbocycles. The van der Waals surface area contributed by atoms with Gasteiger partial charge >= 0.3 is 0 Å². The standard InChI is InChI=1S/C17H27FN4O3S/c1-17(2,3)10-21-5-4-12(9-21)6-13-7-14(18)16(15(23)8-13)22(11-20-24)26(19)25/h7-8,12,23H,4-6,9-11,19H2,1-3H3. The molecule has 1 fully saturated rings. The third-order valence-corrected chi connectivity index (χ3v) is 5.08. The Morgan fingerprint density at radius 3 is 2.69 bits per heavy atom. The number of aromatic hydroxyl groups is 1. The maximum absolute atomic E-state index is 14.5. The van der Waals surface area contributed by atoms with E-state index in [1.165, 1.54) is 12.1 Å². The van der Waals surface area contributed by atoms with E-state index in [2.05, 4.69) is 30.8 Å². The maximum Gasteiger partial charge on any atom is 0.195 e. The number of anilines is 1. The summed E-state index contributed by atoms with van der Waals surface area (Å²) >= 11 is -2.17. The summed E-state index contributed by atoms with van der Waals surface area (Å²) in [6.07, 6.45) is 1.66. The monoisotopic (exact) mass is 386 g/mol. The van der Waals surface area contributed by atoms with Gasteiger partial charge in [-0.1, -0.05) is 20.8 Å². The van der Waals surface area contributed by atoms with Gasteiger partial charge in [0, 0.05) is 13.1 Å². The Bertz CT molecular complexity index is 657. The van der Waals surface area contributed by atoms with Gasteiger partial charge in [0.1, 0.15) is 11.4 Å². The number of phenolic OH excluding ortho intramolecular Hbond substituents is 1. The first-order chi connectivity index (χ1) is 12.1. The normalized spacial score (nSPS) is 19.5. The highest BCUT2D eigenvalue weighted by Gasteiger charge is 2.27. The lowest BCUT2D eigenvalue weighted by atomic mass is 9.96. The number of nitroso groups, excluding NO2 is 1. The second kappa shape index (κ2) is 8.41. The van der Waals surface area contributed by atoms with Gasteiger partial charge in [0.25, 0.3) is 0 Å². The Morgan fingerprint density at radius 2 is 2.15 bits per heavy atom. The van der Waals surface area contributed by atoms with Crippen molar-refractivity contribution in [3.05, 3.63) is 28.4 Å². The van der Waals surface area contributed by atoms with Crippen LogP contribution in [-0.2, 0) is 17.6 Å². The number of hydrogen-bond donors (Lipinski definition) is 2. The van der Waals surface area contributed by atoms with Crippen LogP contribution in [0.3, 0.4) is 0 Å². The van der Waals surface area contributed by atoms with Gasteiger partial charge in [0.2, 0.25) is 0 Å². The van der Waals surface area contributed by atoms with E-state index in [4.69, 9.17) is 5.14 Å². The Labute approximate surface area is 156 Å². The van der Waals surface area contributed by atoms with Crippen molar-refractivity contribution in [3.63, 3.8) is 0 Å². The SMILES string of the molecule is CC(C)(C)CN1CCC(Cc2cc(O)c(N(CN=O)S(N)=O)c(F)c2)C1. The van der Waals surface area contributed by atoms with Gasteiger partial charge < -0.3 is 10.0 Å². The number of likely N-dealkylation sites (tertiary alicyclic amines) is 1. The fourth-order valence-electron chi connectivity index (χ4n) is 3.50. The number of halogens is 1. The Morgan fingerprint density at radius 1 is 1.46 bits per heavy atom. The molecule has 2 rings (SSSR count). The van der Waals surface area contributed by atoms with E-state index in [9.17, 15) is 18.6 Å². The van der Waals surface area contributed by atoms with E-state index in [1.54, 1.807) is 0 Å². The zero-order chi connectivity index (χ0) is 19.5. The van der Waals surface area contributed by atoms with E-state index in [1.807, 2.05) is 0 Å². The second-order valence-electron chi connectivity index (χ2n) is 8.03. The van der Waals surface area contributed by atoms with Gasteiger partial charge in [0.15, 0.2) is 23.7 Å². The highest BCUT2D eigenvalue weighted by atomic mass is 32.2. The molecule has 9 heteroatoms. The number of hydrogen-bond acceptors (Lipinski definition) is 5. The van der Waals surface area contributed by atoms with Crippen molar-refractivity contribution >= 4 is 16.9 Å². The summed E-state index contributed by atoms with van der Waals surface area (Å²) in [6, 6.07) is 2.74. The van der Waals surface area contributed by atoms with E-state index in [-0.39, 0.29) is 11.1 Å². The summed E-state index contributed by atoms with van der Waals surface area (Å²) < 4.78 is 26.7. The molecule has 1 aliphatic heterocycles. The molecule has 1 saturated heterocycles. The highest BCUT2D eigenvalue weighted by molar-refractivity contribution is 7.84. The van der Waals surface area contributed by atoms with E-state index < -0.39 is 29.4 Å². The minimum absolute atomic E-state index is 0.231. The molecule has 7 nitrogen and oxygen atoms in total. The molecule has 146 valence electrons. The van der Waals surface area contributed by atoms with Gasteiger partial charge in [-0.05, 0) is 53.6 Å². The third kappa shape index (κ3) is 5.46. The lowest BCUT2D eigenvalue weighted by molar-refractivity contribution is 0.221. The minimum atomic E-state index is -2.17. The van der Waals surface area contributed by atoms with Crippen LogP contribution in [0.4, 0.5) is 10.1 Å². The summed E-state index contributed by atoms with van der Waals surface area (Å²) in [5.41, 5.74) is 0.526. The fourth-order valence-corrected chi connectivity index (χ4v) is 4.02. The first kappa shape index (κ1) is 20.7. The Balaban J connectivity index is 2.11. The summed E-state index contributed by atoms with van der Waals surface area (Å²) in [6.45, 7) is 8.96. The summed E-state index contributed by atoms with van der Waals surface area (Å²) in [7, 11) is 0. The predicted octanol–water partition coefficient (Wildman–Crippen LogP) is 2.51. The van der Waals surface area contributed by atoms with Crippen LogP contribution in [0.2, 0.25) is 0 Å². The van der Waals surface area contributed by atoms with Gasteiger partial charge in [0.05, 0.1) is 0 Å². The van der Waals surface area contributed by atoms with E-state index in [0.29, 0.717) is 17.9 Å². The number of rotatable bonds is 7. The maximum atomic E-state index is 14.5.